The van der Waals surface area contributed by atoms with Crippen molar-refractivity contribution in [2.45, 2.75) is 77.4 Å². The van der Waals surface area contributed by atoms with Crippen molar-refractivity contribution < 1.29 is 28.6 Å². The van der Waals surface area contributed by atoms with Gasteiger partial charge in [-0.2, -0.15) is 0 Å². The highest BCUT2D eigenvalue weighted by molar-refractivity contribution is 5.98. The SMILES string of the molecule is COc1ccnc(C(=O)NC2CCCC(Cc3ccccc3)C(C3CCCC3)C(C)OC2=O)c1OC(C)=O. The molecule has 0 spiro atoms. The topological polar surface area (TPSA) is 104 Å². The fourth-order valence-electron chi connectivity index (χ4n) is 6.24. The molecule has 1 aliphatic carbocycles. The average molecular weight is 523 g/mol. The van der Waals surface area contributed by atoms with Crippen LogP contribution in [0.1, 0.15) is 74.8 Å². The van der Waals surface area contributed by atoms with Crippen molar-refractivity contribution in [3.63, 3.8) is 0 Å². The maximum atomic E-state index is 13.3. The number of hydrogen-bond acceptors (Lipinski definition) is 7. The van der Waals surface area contributed by atoms with Gasteiger partial charge in [-0.25, -0.2) is 9.78 Å². The molecule has 1 aliphatic heterocycles. The van der Waals surface area contributed by atoms with E-state index in [9.17, 15) is 14.4 Å². The van der Waals surface area contributed by atoms with E-state index < -0.39 is 23.9 Å². The third-order valence-corrected chi connectivity index (χ3v) is 7.88. The van der Waals surface area contributed by atoms with E-state index in [0.29, 0.717) is 18.3 Å². The van der Waals surface area contributed by atoms with Crippen molar-refractivity contribution in [3.05, 3.63) is 53.9 Å². The summed E-state index contributed by atoms with van der Waals surface area (Å²) in [4.78, 5) is 42.3. The molecule has 2 heterocycles. The Balaban J connectivity index is 1.54. The van der Waals surface area contributed by atoms with Crippen molar-refractivity contribution in [3.8, 4) is 11.5 Å². The van der Waals surface area contributed by atoms with E-state index in [1.165, 1.54) is 57.5 Å². The lowest BCUT2D eigenvalue weighted by Gasteiger charge is -2.35. The first-order valence-corrected chi connectivity index (χ1v) is 13.6. The van der Waals surface area contributed by atoms with Gasteiger partial charge in [-0.1, -0.05) is 62.4 Å². The summed E-state index contributed by atoms with van der Waals surface area (Å²) in [7, 11) is 1.41. The molecule has 8 nitrogen and oxygen atoms in total. The number of esters is 2. The molecule has 1 N–H and O–H groups in total. The predicted octanol–water partition coefficient (Wildman–Crippen LogP) is 4.89. The van der Waals surface area contributed by atoms with Crippen LogP contribution in [0.5, 0.6) is 11.5 Å². The summed E-state index contributed by atoms with van der Waals surface area (Å²) >= 11 is 0. The number of carbonyl (C=O) groups is 3. The van der Waals surface area contributed by atoms with Gasteiger partial charge in [-0.15, -0.1) is 0 Å². The minimum Gasteiger partial charge on any atom is -0.493 e. The minimum atomic E-state index is -0.831. The number of methoxy groups -OCH3 is 1. The maximum absolute atomic E-state index is 13.3. The van der Waals surface area contributed by atoms with Crippen LogP contribution in [0.2, 0.25) is 0 Å². The van der Waals surface area contributed by atoms with E-state index in [2.05, 4.69) is 34.6 Å². The van der Waals surface area contributed by atoms with Crippen LogP contribution in [0.25, 0.3) is 0 Å². The lowest BCUT2D eigenvalue weighted by atomic mass is 9.73. The predicted molar refractivity (Wildman–Crippen MR) is 142 cm³/mol. The molecule has 2 aliphatic rings. The number of nitrogens with one attached hydrogen (secondary N) is 1. The number of hydrogen-bond donors (Lipinski definition) is 1. The molecule has 0 radical (unpaired) electrons. The second-order valence-corrected chi connectivity index (χ2v) is 10.5. The van der Waals surface area contributed by atoms with Crippen LogP contribution in [-0.2, 0) is 20.7 Å². The van der Waals surface area contributed by atoms with Gasteiger partial charge in [0.05, 0.1) is 7.11 Å². The highest BCUT2D eigenvalue weighted by Gasteiger charge is 2.39. The van der Waals surface area contributed by atoms with E-state index in [-0.39, 0.29) is 29.2 Å². The van der Waals surface area contributed by atoms with Gasteiger partial charge in [0.15, 0.2) is 11.4 Å². The van der Waals surface area contributed by atoms with E-state index >= 15 is 0 Å². The molecule has 204 valence electrons. The van der Waals surface area contributed by atoms with E-state index in [0.717, 1.165) is 19.3 Å². The molecular formula is C30H38N2O6. The van der Waals surface area contributed by atoms with E-state index in [1.54, 1.807) is 0 Å². The lowest BCUT2D eigenvalue weighted by molar-refractivity contribution is -0.155. The molecule has 0 bridgehead atoms. The number of rotatable bonds is 7. The number of nitrogens with zero attached hydrogens (tertiary/aromatic N) is 1. The Hall–Kier alpha value is -3.42. The third-order valence-electron chi connectivity index (χ3n) is 7.88. The van der Waals surface area contributed by atoms with Gasteiger partial charge in [0.2, 0.25) is 5.75 Å². The van der Waals surface area contributed by atoms with Gasteiger partial charge in [0.25, 0.3) is 5.91 Å². The summed E-state index contributed by atoms with van der Waals surface area (Å²) in [5, 5.41) is 2.79. The first-order chi connectivity index (χ1) is 18.4. The summed E-state index contributed by atoms with van der Waals surface area (Å²) in [5.41, 5.74) is 1.18. The highest BCUT2D eigenvalue weighted by Crippen LogP contribution is 2.42. The Morgan fingerprint density at radius 1 is 1.05 bits per heavy atom. The molecule has 1 amide bonds. The average Bonchev–Trinajstić information content (AvgIpc) is 3.43. The molecule has 1 aromatic heterocycles. The molecule has 4 rings (SSSR count). The van der Waals surface area contributed by atoms with Crippen LogP contribution in [0.4, 0.5) is 0 Å². The number of benzene rings is 1. The Bertz CT molecular complexity index is 1110. The molecular weight excluding hydrogens is 484 g/mol. The van der Waals surface area contributed by atoms with Crippen LogP contribution in [-0.4, -0.2) is 42.1 Å². The Morgan fingerprint density at radius 2 is 1.79 bits per heavy atom. The highest BCUT2D eigenvalue weighted by atomic mass is 16.6. The molecule has 4 unspecified atom stereocenters. The number of amides is 1. The summed E-state index contributed by atoms with van der Waals surface area (Å²) in [6.45, 7) is 3.24. The van der Waals surface area contributed by atoms with Crippen molar-refractivity contribution in [2.24, 2.45) is 17.8 Å². The van der Waals surface area contributed by atoms with Gasteiger partial charge >= 0.3 is 11.9 Å². The molecule has 2 aromatic rings. The molecule has 1 saturated heterocycles. The van der Waals surface area contributed by atoms with Crippen LogP contribution in [0, 0.1) is 17.8 Å². The zero-order chi connectivity index (χ0) is 27.1. The number of carbonyl (C=O) groups excluding carboxylic acids is 3. The first kappa shape index (κ1) is 27.6. The number of ether oxygens (including phenoxy) is 3. The molecule has 1 aromatic carbocycles. The van der Waals surface area contributed by atoms with Crippen molar-refractivity contribution >= 4 is 17.8 Å². The Labute approximate surface area is 224 Å². The number of cyclic esters (lactones) is 1. The zero-order valence-electron chi connectivity index (χ0n) is 22.5. The van der Waals surface area contributed by atoms with E-state index in [4.69, 9.17) is 14.2 Å². The lowest BCUT2D eigenvalue weighted by Crippen LogP contribution is -2.44. The summed E-state index contributed by atoms with van der Waals surface area (Å²) < 4.78 is 16.5. The molecule has 1 saturated carbocycles. The van der Waals surface area contributed by atoms with Crippen LogP contribution in [0.15, 0.2) is 42.6 Å². The molecule has 4 atom stereocenters. The quantitative estimate of drug-likeness (QED) is 0.516. The van der Waals surface area contributed by atoms with Gasteiger partial charge < -0.3 is 19.5 Å². The second kappa shape index (κ2) is 12.9. The smallest absolute Gasteiger partial charge is 0.328 e. The zero-order valence-corrected chi connectivity index (χ0v) is 22.5. The van der Waals surface area contributed by atoms with Gasteiger partial charge in [0.1, 0.15) is 12.1 Å². The van der Waals surface area contributed by atoms with E-state index in [1.807, 2.05) is 13.0 Å². The standard InChI is InChI=1S/C30H38N2O6/c1-19-26(22-12-7-8-13-22)23(18-21-10-5-4-6-11-21)14-9-15-24(30(35)37-19)32-29(34)27-28(38-20(2)33)25(36-3)16-17-31-27/h4-6,10-11,16-17,19,22-24,26H,7-9,12-15,18H2,1-3H3,(H,32,34). The second-order valence-electron chi connectivity index (χ2n) is 10.5. The van der Waals surface area contributed by atoms with Gasteiger partial charge in [0, 0.05) is 25.1 Å². The molecule has 38 heavy (non-hydrogen) atoms. The van der Waals surface area contributed by atoms with Crippen LogP contribution >= 0.6 is 0 Å². The largest absolute Gasteiger partial charge is 0.493 e. The maximum Gasteiger partial charge on any atom is 0.328 e. The first-order valence-electron chi connectivity index (χ1n) is 13.6. The normalized spacial score (nSPS) is 24.4. The number of pyridine rings is 1. The number of aromatic nitrogens is 1. The fourth-order valence-corrected chi connectivity index (χ4v) is 6.24. The Kier molecular flexibility index (Phi) is 9.37. The monoisotopic (exact) mass is 522 g/mol. The molecule has 2 fully saturated rings. The van der Waals surface area contributed by atoms with Crippen molar-refractivity contribution in [2.75, 3.05) is 7.11 Å². The van der Waals surface area contributed by atoms with Crippen molar-refractivity contribution in [1.82, 2.24) is 10.3 Å². The van der Waals surface area contributed by atoms with Gasteiger partial charge in [-0.3, -0.25) is 9.59 Å². The van der Waals surface area contributed by atoms with Crippen molar-refractivity contribution in [1.29, 1.82) is 0 Å². The third kappa shape index (κ3) is 6.71. The molecule has 8 heteroatoms. The summed E-state index contributed by atoms with van der Waals surface area (Å²) in [5.74, 6) is -0.356. The van der Waals surface area contributed by atoms with Crippen LogP contribution < -0.4 is 14.8 Å². The summed E-state index contributed by atoms with van der Waals surface area (Å²) in [6.07, 6.45) is 9.01. The fraction of sp³-hybridized carbons (Fsp3) is 0.533. The summed E-state index contributed by atoms with van der Waals surface area (Å²) in [6, 6.07) is 11.2. The minimum absolute atomic E-state index is 0.0750. The van der Waals surface area contributed by atoms with Gasteiger partial charge in [-0.05, 0) is 43.6 Å². The Morgan fingerprint density at radius 3 is 2.47 bits per heavy atom. The van der Waals surface area contributed by atoms with Crippen LogP contribution in [0.3, 0.4) is 0 Å².